The molecule has 0 atom stereocenters. The molecule has 0 bridgehead atoms. The molecule has 6 aromatic rings. The van der Waals surface area contributed by atoms with Crippen LogP contribution < -0.4 is 10.2 Å². The third-order valence-corrected chi connectivity index (χ3v) is 7.00. The van der Waals surface area contributed by atoms with Gasteiger partial charge in [-0.2, -0.15) is 5.10 Å². The number of aromatic nitrogens is 5. The van der Waals surface area contributed by atoms with Gasteiger partial charge in [-0.15, -0.1) is 0 Å². The molecule has 6 rings (SSSR count). The highest BCUT2D eigenvalue weighted by Crippen LogP contribution is 2.35. The highest BCUT2D eigenvalue weighted by molar-refractivity contribution is 6.01. The molecule has 8 nitrogen and oxygen atoms in total. The van der Waals surface area contributed by atoms with Gasteiger partial charge in [0.15, 0.2) is 0 Å². The van der Waals surface area contributed by atoms with E-state index in [0.29, 0.717) is 17.8 Å². The molecule has 0 fully saturated rings. The SMILES string of the molecule is CN(C)CCNc1cc(F)cc(-c2nccc3[nH]c(-c4n[nH]c5ccc(-c6cncc(N(C)C)c6)cc45)cc23)c1. The zero-order chi connectivity index (χ0) is 27.8. The average molecular weight is 535 g/mol. The highest BCUT2D eigenvalue weighted by atomic mass is 19.1. The third kappa shape index (κ3) is 4.99. The van der Waals surface area contributed by atoms with Gasteiger partial charge in [0.05, 0.1) is 28.8 Å². The quantitative estimate of drug-likeness (QED) is 0.222. The van der Waals surface area contributed by atoms with E-state index in [1.165, 1.54) is 12.1 Å². The molecule has 0 unspecified atom stereocenters. The predicted molar refractivity (Wildman–Crippen MR) is 161 cm³/mol. The normalized spacial score (nSPS) is 11.6. The Labute approximate surface area is 231 Å². The van der Waals surface area contributed by atoms with Crippen molar-refractivity contribution in [1.82, 2.24) is 30.0 Å². The number of nitrogens with one attached hydrogen (secondary N) is 3. The maximum Gasteiger partial charge on any atom is 0.125 e. The summed E-state index contributed by atoms with van der Waals surface area (Å²) < 4.78 is 14.6. The molecule has 2 aromatic carbocycles. The Bertz CT molecular complexity index is 1820. The van der Waals surface area contributed by atoms with Crippen molar-refractivity contribution in [3.05, 3.63) is 79.0 Å². The molecule has 4 aromatic heterocycles. The number of fused-ring (bicyclic) bond motifs is 2. The van der Waals surface area contributed by atoms with Crippen LogP contribution in [0.25, 0.3) is 55.6 Å². The van der Waals surface area contributed by atoms with Crippen LogP contribution in [-0.2, 0) is 0 Å². The van der Waals surface area contributed by atoms with Crippen molar-refractivity contribution >= 4 is 33.2 Å². The van der Waals surface area contributed by atoms with Gasteiger partial charge in [0.1, 0.15) is 11.5 Å². The largest absolute Gasteiger partial charge is 0.384 e. The molecule has 3 N–H and O–H groups in total. The van der Waals surface area contributed by atoms with Gasteiger partial charge in [0, 0.05) is 72.7 Å². The molecule has 0 amide bonds. The lowest BCUT2D eigenvalue weighted by molar-refractivity contribution is 0.425. The molecular formula is C31H31FN8. The van der Waals surface area contributed by atoms with Crippen molar-refractivity contribution in [2.45, 2.75) is 0 Å². The fraction of sp³-hybridized carbons (Fsp3) is 0.194. The van der Waals surface area contributed by atoms with E-state index in [1.54, 1.807) is 6.20 Å². The first-order chi connectivity index (χ1) is 19.4. The Balaban J connectivity index is 1.39. The van der Waals surface area contributed by atoms with Crippen LogP contribution in [0, 0.1) is 5.82 Å². The zero-order valence-electron chi connectivity index (χ0n) is 23.0. The van der Waals surface area contributed by atoms with Crippen molar-refractivity contribution < 1.29 is 4.39 Å². The average Bonchev–Trinajstić information content (AvgIpc) is 3.56. The molecule has 0 aliphatic heterocycles. The van der Waals surface area contributed by atoms with Crippen LogP contribution >= 0.6 is 0 Å². The van der Waals surface area contributed by atoms with Gasteiger partial charge in [0.2, 0.25) is 0 Å². The first kappa shape index (κ1) is 25.5. The Hall–Kier alpha value is -4.76. The van der Waals surface area contributed by atoms with Gasteiger partial charge in [-0.05, 0) is 68.2 Å². The van der Waals surface area contributed by atoms with Gasteiger partial charge in [0.25, 0.3) is 0 Å². The molecule has 202 valence electrons. The lowest BCUT2D eigenvalue weighted by atomic mass is 10.0. The summed E-state index contributed by atoms with van der Waals surface area (Å²) in [6.07, 6.45) is 5.47. The van der Waals surface area contributed by atoms with E-state index < -0.39 is 0 Å². The number of rotatable bonds is 8. The fourth-order valence-corrected chi connectivity index (χ4v) is 4.89. The zero-order valence-corrected chi connectivity index (χ0v) is 23.0. The van der Waals surface area contributed by atoms with Crippen LogP contribution in [0.1, 0.15) is 0 Å². The molecule has 40 heavy (non-hydrogen) atoms. The van der Waals surface area contributed by atoms with Crippen LogP contribution in [0.15, 0.2) is 73.2 Å². The number of likely N-dealkylation sites (N-methyl/N-ethyl adjacent to an activating group) is 1. The number of benzene rings is 2. The van der Waals surface area contributed by atoms with Crippen LogP contribution in [0.3, 0.4) is 0 Å². The Morgan fingerprint density at radius 3 is 2.50 bits per heavy atom. The van der Waals surface area contributed by atoms with Crippen LogP contribution in [0.2, 0.25) is 0 Å². The van der Waals surface area contributed by atoms with Gasteiger partial charge >= 0.3 is 0 Å². The molecule has 0 spiro atoms. The lowest BCUT2D eigenvalue weighted by Crippen LogP contribution is -2.20. The summed E-state index contributed by atoms with van der Waals surface area (Å²) in [5.41, 5.74) is 8.78. The van der Waals surface area contributed by atoms with E-state index in [2.05, 4.69) is 53.6 Å². The number of halogens is 1. The molecule has 0 saturated carbocycles. The van der Waals surface area contributed by atoms with Crippen molar-refractivity contribution in [1.29, 1.82) is 0 Å². The minimum Gasteiger partial charge on any atom is -0.384 e. The van der Waals surface area contributed by atoms with Gasteiger partial charge in [-0.3, -0.25) is 15.1 Å². The molecule has 0 aliphatic carbocycles. The standard InChI is InChI=1S/C31H31FN8/c1-39(2)10-9-34-23-12-20(11-22(32)15-23)30-26-16-29(36-27(26)7-8-35-30)31-25-14-19(5-6-28(25)37-38-31)21-13-24(40(3)4)18-33-17-21/h5-8,11-18,34,36H,9-10H2,1-4H3,(H,37,38). The number of nitrogens with zero attached hydrogens (tertiary/aromatic N) is 5. The summed E-state index contributed by atoms with van der Waals surface area (Å²) in [5, 5.41) is 13.0. The second-order valence-corrected chi connectivity index (χ2v) is 10.4. The van der Waals surface area contributed by atoms with E-state index in [9.17, 15) is 4.39 Å². The monoisotopic (exact) mass is 534 g/mol. The number of pyridine rings is 2. The highest BCUT2D eigenvalue weighted by Gasteiger charge is 2.16. The van der Waals surface area contributed by atoms with E-state index >= 15 is 0 Å². The van der Waals surface area contributed by atoms with Crippen molar-refractivity contribution in [3.63, 3.8) is 0 Å². The van der Waals surface area contributed by atoms with Crippen LogP contribution in [0.5, 0.6) is 0 Å². The Morgan fingerprint density at radius 1 is 0.825 bits per heavy atom. The first-order valence-corrected chi connectivity index (χ1v) is 13.1. The Kier molecular flexibility index (Phi) is 6.65. The fourth-order valence-electron chi connectivity index (χ4n) is 4.89. The molecule has 9 heteroatoms. The summed E-state index contributed by atoms with van der Waals surface area (Å²) in [7, 11) is 8.03. The number of hydrogen-bond donors (Lipinski definition) is 3. The summed E-state index contributed by atoms with van der Waals surface area (Å²) in [5.74, 6) is -0.307. The summed E-state index contributed by atoms with van der Waals surface area (Å²) in [4.78, 5) is 16.7. The van der Waals surface area contributed by atoms with Gasteiger partial charge in [-0.1, -0.05) is 6.07 Å². The van der Waals surface area contributed by atoms with Crippen molar-refractivity contribution in [2.24, 2.45) is 0 Å². The van der Waals surface area contributed by atoms with Gasteiger partial charge < -0.3 is 20.1 Å². The van der Waals surface area contributed by atoms with E-state index in [0.717, 1.165) is 62.2 Å². The summed E-state index contributed by atoms with van der Waals surface area (Å²) in [6, 6.07) is 17.3. The summed E-state index contributed by atoms with van der Waals surface area (Å²) >= 11 is 0. The van der Waals surface area contributed by atoms with Crippen molar-refractivity contribution in [2.75, 3.05) is 51.5 Å². The van der Waals surface area contributed by atoms with Crippen LogP contribution in [-0.4, -0.2) is 71.3 Å². The predicted octanol–water partition coefficient (Wildman–Crippen LogP) is 6.01. The van der Waals surface area contributed by atoms with Crippen LogP contribution in [0.4, 0.5) is 15.8 Å². The van der Waals surface area contributed by atoms with Crippen molar-refractivity contribution in [3.8, 4) is 33.8 Å². The second-order valence-electron chi connectivity index (χ2n) is 10.4. The molecular weight excluding hydrogens is 503 g/mol. The minimum atomic E-state index is -0.307. The molecule has 0 aliphatic rings. The molecule has 4 heterocycles. The number of anilines is 2. The van der Waals surface area contributed by atoms with E-state index in [4.69, 9.17) is 0 Å². The van der Waals surface area contributed by atoms with E-state index in [-0.39, 0.29) is 5.82 Å². The Morgan fingerprint density at radius 2 is 1.68 bits per heavy atom. The smallest absolute Gasteiger partial charge is 0.125 e. The number of hydrogen-bond acceptors (Lipinski definition) is 6. The third-order valence-electron chi connectivity index (χ3n) is 7.00. The van der Waals surface area contributed by atoms with Gasteiger partial charge in [-0.25, -0.2) is 4.39 Å². The maximum atomic E-state index is 14.6. The molecule has 0 saturated heterocycles. The topological polar surface area (TPSA) is 88.8 Å². The first-order valence-electron chi connectivity index (χ1n) is 13.1. The number of H-pyrrole nitrogens is 2. The number of aromatic amines is 2. The second kappa shape index (κ2) is 10.4. The maximum absolute atomic E-state index is 14.6. The summed E-state index contributed by atoms with van der Waals surface area (Å²) in [6.45, 7) is 1.56. The molecule has 0 radical (unpaired) electrons. The lowest BCUT2D eigenvalue weighted by Gasteiger charge is -2.13. The van der Waals surface area contributed by atoms with E-state index in [1.807, 2.05) is 69.7 Å². The minimum absolute atomic E-state index is 0.307.